The lowest BCUT2D eigenvalue weighted by Crippen LogP contribution is -2.39. The third kappa shape index (κ3) is 2.62. The second kappa shape index (κ2) is 5.25. The first-order valence-electron chi connectivity index (χ1n) is 6.37. The van der Waals surface area contributed by atoms with Crippen molar-refractivity contribution in [3.63, 3.8) is 0 Å². The van der Waals surface area contributed by atoms with Crippen LogP contribution >= 0.6 is 0 Å². The van der Waals surface area contributed by atoms with Gasteiger partial charge in [0.15, 0.2) is 0 Å². The number of alkyl halides is 1. The van der Waals surface area contributed by atoms with Crippen LogP contribution in [0.3, 0.4) is 0 Å². The summed E-state index contributed by atoms with van der Waals surface area (Å²) in [4.78, 5) is 23.5. The van der Waals surface area contributed by atoms with Gasteiger partial charge in [0, 0.05) is 11.1 Å². The Labute approximate surface area is 116 Å². The zero-order chi connectivity index (χ0) is 15.1. The number of amides is 2. The second-order valence-corrected chi connectivity index (χ2v) is 6.90. The summed E-state index contributed by atoms with van der Waals surface area (Å²) in [5.74, 6) is -1.54. The highest BCUT2D eigenvalue weighted by molar-refractivity contribution is 7.87. The average Bonchev–Trinajstić information content (AvgIpc) is 2.57. The molecule has 2 aliphatic rings. The molecule has 0 bridgehead atoms. The minimum Gasteiger partial charge on any atom is -0.267 e. The van der Waals surface area contributed by atoms with Crippen molar-refractivity contribution in [2.45, 2.75) is 51.0 Å². The number of hydrogen-bond acceptors (Lipinski definition) is 5. The molecule has 0 aromatic heterocycles. The lowest BCUT2D eigenvalue weighted by Gasteiger charge is -2.24. The van der Waals surface area contributed by atoms with Crippen molar-refractivity contribution in [2.24, 2.45) is 0 Å². The Kier molecular flexibility index (Phi) is 3.97. The Morgan fingerprint density at radius 2 is 1.50 bits per heavy atom. The summed E-state index contributed by atoms with van der Waals surface area (Å²) in [6, 6.07) is 0. The van der Waals surface area contributed by atoms with Gasteiger partial charge in [-0.3, -0.25) is 9.59 Å². The molecule has 0 atom stereocenters. The Hall–Kier alpha value is -1.28. The molecular formula is C12H16FNO5S. The molecular weight excluding hydrogens is 289 g/mol. The van der Waals surface area contributed by atoms with Crippen LogP contribution in [0, 0.1) is 0 Å². The summed E-state index contributed by atoms with van der Waals surface area (Å²) in [6.45, 7) is 2.86. The lowest BCUT2D eigenvalue weighted by atomic mass is 9.99. The van der Waals surface area contributed by atoms with Crippen molar-refractivity contribution < 1.29 is 26.7 Å². The molecule has 112 valence electrons. The standard InChI is InChI=1S/C12H16FNO5S/c1-7-8(2)12(16)14(11(7)15)19-20(17,18)10-5-3-9(13)4-6-10/h9-10H,3-6H2,1-2H3. The molecule has 2 amide bonds. The van der Waals surface area contributed by atoms with E-state index in [4.69, 9.17) is 0 Å². The molecule has 20 heavy (non-hydrogen) atoms. The van der Waals surface area contributed by atoms with E-state index in [0.29, 0.717) is 0 Å². The summed E-state index contributed by atoms with van der Waals surface area (Å²) in [5, 5.41) is -0.599. The lowest BCUT2D eigenvalue weighted by molar-refractivity contribution is -0.163. The Morgan fingerprint density at radius 1 is 1.05 bits per heavy atom. The van der Waals surface area contributed by atoms with Gasteiger partial charge in [0.05, 0.1) is 5.25 Å². The minimum atomic E-state index is -4.11. The van der Waals surface area contributed by atoms with Gasteiger partial charge in [0.2, 0.25) is 0 Å². The van der Waals surface area contributed by atoms with E-state index in [9.17, 15) is 22.4 Å². The van der Waals surface area contributed by atoms with E-state index in [-0.39, 0.29) is 41.9 Å². The number of hydroxylamine groups is 2. The van der Waals surface area contributed by atoms with E-state index < -0.39 is 33.4 Å². The molecule has 0 saturated heterocycles. The van der Waals surface area contributed by atoms with Gasteiger partial charge in [0.1, 0.15) is 6.17 Å². The van der Waals surface area contributed by atoms with Gasteiger partial charge in [-0.05, 0) is 39.5 Å². The predicted octanol–water partition coefficient (Wildman–Crippen LogP) is 1.23. The van der Waals surface area contributed by atoms with E-state index in [1.165, 1.54) is 13.8 Å². The van der Waals surface area contributed by atoms with E-state index in [1.54, 1.807) is 0 Å². The first-order chi connectivity index (χ1) is 9.24. The fourth-order valence-corrected chi connectivity index (χ4v) is 3.58. The topological polar surface area (TPSA) is 80.8 Å². The quantitative estimate of drug-likeness (QED) is 0.733. The second-order valence-electron chi connectivity index (χ2n) is 5.10. The first kappa shape index (κ1) is 15.1. The van der Waals surface area contributed by atoms with Crippen LogP contribution in [0.15, 0.2) is 11.1 Å². The Bertz CT molecular complexity index is 551. The smallest absolute Gasteiger partial charge is 0.267 e. The summed E-state index contributed by atoms with van der Waals surface area (Å²) in [6.07, 6.45) is -0.449. The maximum absolute atomic E-state index is 13.0. The van der Waals surface area contributed by atoms with Crippen molar-refractivity contribution in [3.05, 3.63) is 11.1 Å². The molecule has 1 heterocycles. The number of nitrogens with zero attached hydrogens (tertiary/aromatic N) is 1. The van der Waals surface area contributed by atoms with E-state index >= 15 is 0 Å². The third-order valence-electron chi connectivity index (χ3n) is 3.76. The van der Waals surface area contributed by atoms with Crippen LogP contribution < -0.4 is 0 Å². The molecule has 1 aliphatic heterocycles. The van der Waals surface area contributed by atoms with Crippen molar-refractivity contribution in [2.75, 3.05) is 0 Å². The molecule has 0 N–H and O–H groups in total. The van der Waals surface area contributed by atoms with Gasteiger partial charge in [-0.1, -0.05) is 0 Å². The van der Waals surface area contributed by atoms with Crippen molar-refractivity contribution in [3.8, 4) is 0 Å². The molecule has 0 spiro atoms. The van der Waals surface area contributed by atoms with E-state index in [2.05, 4.69) is 4.28 Å². The number of imide groups is 1. The average molecular weight is 305 g/mol. The Balaban J connectivity index is 2.10. The maximum atomic E-state index is 13.0. The SMILES string of the molecule is CC1=C(C)C(=O)N(OS(=O)(=O)C2CCC(F)CC2)C1=O. The van der Waals surface area contributed by atoms with Gasteiger partial charge in [-0.25, -0.2) is 4.39 Å². The summed E-state index contributed by atoms with van der Waals surface area (Å²) < 4.78 is 41.8. The van der Waals surface area contributed by atoms with Gasteiger partial charge in [-0.15, -0.1) is 9.35 Å². The van der Waals surface area contributed by atoms with Crippen molar-refractivity contribution in [1.29, 1.82) is 0 Å². The number of hydrogen-bond donors (Lipinski definition) is 0. The highest BCUT2D eigenvalue weighted by Crippen LogP contribution is 2.29. The number of rotatable bonds is 3. The fraction of sp³-hybridized carbons (Fsp3) is 0.667. The molecule has 1 saturated carbocycles. The van der Waals surface area contributed by atoms with Crippen LogP contribution in [0.5, 0.6) is 0 Å². The molecule has 2 rings (SSSR count). The zero-order valence-corrected chi connectivity index (χ0v) is 12.1. The monoisotopic (exact) mass is 305 g/mol. The van der Waals surface area contributed by atoms with Crippen LogP contribution in [0.2, 0.25) is 0 Å². The fourth-order valence-electron chi connectivity index (χ4n) is 2.26. The van der Waals surface area contributed by atoms with Crippen LogP contribution in [-0.2, 0) is 24.0 Å². The first-order valence-corrected chi connectivity index (χ1v) is 7.85. The molecule has 0 unspecified atom stereocenters. The molecule has 6 nitrogen and oxygen atoms in total. The molecule has 0 aromatic carbocycles. The van der Waals surface area contributed by atoms with Crippen LogP contribution in [0.1, 0.15) is 39.5 Å². The van der Waals surface area contributed by atoms with Gasteiger partial charge in [-0.2, -0.15) is 8.42 Å². The normalized spacial score (nSPS) is 28.4. The zero-order valence-electron chi connectivity index (χ0n) is 11.3. The molecule has 8 heteroatoms. The van der Waals surface area contributed by atoms with Gasteiger partial charge in [0.25, 0.3) is 21.9 Å². The van der Waals surface area contributed by atoms with Crippen LogP contribution in [0.4, 0.5) is 4.39 Å². The highest BCUT2D eigenvalue weighted by atomic mass is 32.2. The van der Waals surface area contributed by atoms with Crippen molar-refractivity contribution in [1.82, 2.24) is 5.06 Å². The van der Waals surface area contributed by atoms with Crippen molar-refractivity contribution >= 4 is 21.9 Å². The maximum Gasteiger partial charge on any atom is 0.291 e. The van der Waals surface area contributed by atoms with Gasteiger partial charge >= 0.3 is 0 Å². The predicted molar refractivity (Wildman–Crippen MR) is 67.4 cm³/mol. The molecule has 0 aromatic rings. The van der Waals surface area contributed by atoms with Gasteiger partial charge < -0.3 is 0 Å². The minimum absolute atomic E-state index is 0.130. The summed E-state index contributed by atoms with van der Waals surface area (Å²) >= 11 is 0. The molecule has 0 radical (unpaired) electrons. The molecule has 1 aliphatic carbocycles. The number of carbonyl (C=O) groups excluding carboxylic acids is 2. The van der Waals surface area contributed by atoms with E-state index in [1.807, 2.05) is 0 Å². The van der Waals surface area contributed by atoms with Crippen LogP contribution in [-0.4, -0.2) is 36.7 Å². The number of halogens is 1. The largest absolute Gasteiger partial charge is 0.291 e. The summed E-state index contributed by atoms with van der Waals surface area (Å²) in [7, 11) is -4.11. The summed E-state index contributed by atoms with van der Waals surface area (Å²) in [5.41, 5.74) is 0.329. The molecule has 1 fully saturated rings. The van der Waals surface area contributed by atoms with Crippen LogP contribution in [0.25, 0.3) is 0 Å². The number of carbonyl (C=O) groups is 2. The Morgan fingerprint density at radius 3 is 1.95 bits per heavy atom. The highest BCUT2D eigenvalue weighted by Gasteiger charge is 2.41. The van der Waals surface area contributed by atoms with E-state index in [0.717, 1.165) is 0 Å². The third-order valence-corrected chi connectivity index (χ3v) is 5.41.